The molecule has 0 aliphatic carbocycles. The van der Waals surface area contributed by atoms with Crippen LogP contribution >= 0.6 is 11.3 Å². The number of nitrogens with zero attached hydrogens (tertiary/aromatic N) is 1. The minimum absolute atomic E-state index is 0.0411. The molecular weight excluding hydrogens is 282 g/mol. The number of hydrogen-bond donors (Lipinski definition) is 2. The molecule has 0 spiro atoms. The zero-order valence-electron chi connectivity index (χ0n) is 12.0. The molecule has 1 saturated heterocycles. The highest BCUT2D eigenvalue weighted by Gasteiger charge is 2.24. The van der Waals surface area contributed by atoms with Gasteiger partial charge in [-0.3, -0.25) is 4.79 Å². The molecule has 5 heteroatoms. The largest absolute Gasteiger partial charge is 0.347 e. The highest BCUT2D eigenvalue weighted by atomic mass is 32.1. The summed E-state index contributed by atoms with van der Waals surface area (Å²) in [4.78, 5) is 16.8. The van der Waals surface area contributed by atoms with Crippen LogP contribution in [0.2, 0.25) is 0 Å². The molecule has 2 unspecified atom stereocenters. The lowest BCUT2D eigenvalue weighted by Crippen LogP contribution is -2.33. The first-order valence-corrected chi connectivity index (χ1v) is 8.14. The maximum Gasteiger partial charge on any atom is 0.224 e. The molecule has 2 N–H and O–H groups in total. The van der Waals surface area contributed by atoms with E-state index in [4.69, 9.17) is 0 Å². The summed E-state index contributed by atoms with van der Waals surface area (Å²) in [6.07, 6.45) is 0.922. The highest BCUT2D eigenvalue weighted by Crippen LogP contribution is 2.25. The summed E-state index contributed by atoms with van der Waals surface area (Å²) < 4.78 is 0. The summed E-state index contributed by atoms with van der Waals surface area (Å²) in [7, 11) is 0. The molecule has 21 heavy (non-hydrogen) atoms. The number of rotatable bonds is 4. The lowest BCUT2D eigenvalue weighted by molar-refractivity contribution is -0.125. The van der Waals surface area contributed by atoms with E-state index in [1.165, 1.54) is 0 Å². The van der Waals surface area contributed by atoms with Crippen LogP contribution in [0, 0.1) is 5.92 Å². The lowest BCUT2D eigenvalue weighted by atomic mass is 10.1. The molecule has 3 rings (SSSR count). The van der Waals surface area contributed by atoms with Gasteiger partial charge in [-0.05, 0) is 19.9 Å². The van der Waals surface area contributed by atoms with Gasteiger partial charge in [0.2, 0.25) is 5.91 Å². The average Bonchev–Trinajstić information content (AvgIpc) is 3.20. The van der Waals surface area contributed by atoms with Crippen LogP contribution in [0.15, 0.2) is 35.7 Å². The van der Waals surface area contributed by atoms with Crippen molar-refractivity contribution in [3.8, 4) is 11.3 Å². The van der Waals surface area contributed by atoms with E-state index in [-0.39, 0.29) is 17.9 Å². The zero-order chi connectivity index (χ0) is 14.7. The Labute approximate surface area is 128 Å². The molecule has 110 valence electrons. The number of benzene rings is 1. The van der Waals surface area contributed by atoms with Crippen molar-refractivity contribution in [2.45, 2.75) is 19.4 Å². The van der Waals surface area contributed by atoms with Crippen LogP contribution in [0.3, 0.4) is 0 Å². The van der Waals surface area contributed by atoms with Crippen molar-refractivity contribution < 1.29 is 4.79 Å². The first kappa shape index (κ1) is 14.2. The fraction of sp³-hybridized carbons (Fsp3) is 0.375. The maximum atomic E-state index is 12.1. The summed E-state index contributed by atoms with van der Waals surface area (Å²) in [6.45, 7) is 3.71. The summed E-state index contributed by atoms with van der Waals surface area (Å²) in [5, 5.41) is 9.29. The maximum absolute atomic E-state index is 12.1. The van der Waals surface area contributed by atoms with Gasteiger partial charge in [-0.2, -0.15) is 0 Å². The van der Waals surface area contributed by atoms with Crippen molar-refractivity contribution in [2.75, 3.05) is 13.1 Å². The summed E-state index contributed by atoms with van der Waals surface area (Å²) in [5.74, 6) is 0.227. The van der Waals surface area contributed by atoms with Gasteiger partial charge in [0.05, 0.1) is 17.7 Å². The van der Waals surface area contributed by atoms with Gasteiger partial charge < -0.3 is 10.6 Å². The Morgan fingerprint density at radius 1 is 1.43 bits per heavy atom. The number of hydrogen-bond acceptors (Lipinski definition) is 4. The Morgan fingerprint density at radius 3 is 2.95 bits per heavy atom. The molecule has 1 aliphatic heterocycles. The van der Waals surface area contributed by atoms with Gasteiger partial charge in [-0.1, -0.05) is 30.3 Å². The minimum Gasteiger partial charge on any atom is -0.347 e. The van der Waals surface area contributed by atoms with Gasteiger partial charge in [-0.15, -0.1) is 11.3 Å². The SMILES string of the molecule is CC(NC(=O)C1CCNC1)c1nc(-c2ccccc2)cs1. The normalized spacial score (nSPS) is 19.4. The number of carbonyl (C=O) groups excluding carboxylic acids is 1. The topological polar surface area (TPSA) is 54.0 Å². The van der Waals surface area contributed by atoms with E-state index in [0.29, 0.717) is 0 Å². The third-order valence-corrected chi connectivity index (χ3v) is 4.78. The number of thiazole rings is 1. The van der Waals surface area contributed by atoms with Gasteiger partial charge >= 0.3 is 0 Å². The zero-order valence-corrected chi connectivity index (χ0v) is 12.8. The molecule has 2 aromatic rings. The Bertz CT molecular complexity index is 605. The molecular formula is C16H19N3OS. The fourth-order valence-corrected chi connectivity index (χ4v) is 3.33. The first-order valence-electron chi connectivity index (χ1n) is 7.26. The Hall–Kier alpha value is -1.72. The standard InChI is InChI=1S/C16H19N3OS/c1-11(18-15(20)13-7-8-17-9-13)16-19-14(10-21-16)12-5-3-2-4-6-12/h2-6,10-11,13,17H,7-9H2,1H3,(H,18,20). The monoisotopic (exact) mass is 301 g/mol. The average molecular weight is 301 g/mol. The molecule has 0 bridgehead atoms. The Balaban J connectivity index is 1.66. The summed E-state index contributed by atoms with van der Waals surface area (Å²) in [5.41, 5.74) is 2.08. The van der Waals surface area contributed by atoms with Crippen molar-refractivity contribution in [3.63, 3.8) is 0 Å². The third-order valence-electron chi connectivity index (χ3n) is 3.75. The predicted molar refractivity (Wildman–Crippen MR) is 85.1 cm³/mol. The van der Waals surface area contributed by atoms with Crippen LogP contribution < -0.4 is 10.6 Å². The molecule has 1 fully saturated rings. The number of nitrogens with one attached hydrogen (secondary N) is 2. The van der Waals surface area contributed by atoms with Crippen LogP contribution in [0.5, 0.6) is 0 Å². The minimum atomic E-state index is -0.0411. The molecule has 2 heterocycles. The molecule has 0 radical (unpaired) electrons. The highest BCUT2D eigenvalue weighted by molar-refractivity contribution is 7.10. The van der Waals surface area contributed by atoms with E-state index >= 15 is 0 Å². The van der Waals surface area contributed by atoms with E-state index in [1.807, 2.05) is 42.6 Å². The van der Waals surface area contributed by atoms with Crippen molar-refractivity contribution in [1.29, 1.82) is 0 Å². The van der Waals surface area contributed by atoms with E-state index in [1.54, 1.807) is 11.3 Å². The quantitative estimate of drug-likeness (QED) is 0.912. The fourth-order valence-electron chi connectivity index (χ4n) is 2.50. The Morgan fingerprint density at radius 2 is 2.24 bits per heavy atom. The number of aromatic nitrogens is 1. The summed E-state index contributed by atoms with van der Waals surface area (Å²) in [6, 6.07) is 10.1. The number of amides is 1. The van der Waals surface area contributed by atoms with E-state index in [9.17, 15) is 4.79 Å². The van der Waals surface area contributed by atoms with Gasteiger partial charge in [0.25, 0.3) is 0 Å². The van der Waals surface area contributed by atoms with Crippen molar-refractivity contribution in [3.05, 3.63) is 40.7 Å². The number of carbonyl (C=O) groups is 1. The van der Waals surface area contributed by atoms with Crippen molar-refractivity contribution in [1.82, 2.24) is 15.6 Å². The molecule has 1 aromatic carbocycles. The lowest BCUT2D eigenvalue weighted by Gasteiger charge is -2.14. The molecule has 1 aromatic heterocycles. The molecule has 1 amide bonds. The molecule has 0 saturated carbocycles. The van der Waals surface area contributed by atoms with Crippen LogP contribution in [-0.2, 0) is 4.79 Å². The van der Waals surface area contributed by atoms with Gasteiger partial charge in [0.1, 0.15) is 5.01 Å². The third kappa shape index (κ3) is 3.31. The second kappa shape index (κ2) is 6.37. The van der Waals surface area contributed by atoms with E-state index in [2.05, 4.69) is 15.6 Å². The van der Waals surface area contributed by atoms with Crippen LogP contribution in [0.1, 0.15) is 24.4 Å². The van der Waals surface area contributed by atoms with E-state index < -0.39 is 0 Å². The van der Waals surface area contributed by atoms with E-state index in [0.717, 1.165) is 35.8 Å². The summed E-state index contributed by atoms with van der Waals surface area (Å²) >= 11 is 1.60. The second-order valence-corrected chi connectivity index (χ2v) is 6.25. The Kier molecular flexibility index (Phi) is 4.31. The van der Waals surface area contributed by atoms with Crippen LogP contribution in [0.4, 0.5) is 0 Å². The second-order valence-electron chi connectivity index (χ2n) is 5.36. The first-order chi connectivity index (χ1) is 10.2. The van der Waals surface area contributed by atoms with Gasteiger partial charge in [0.15, 0.2) is 0 Å². The van der Waals surface area contributed by atoms with Crippen molar-refractivity contribution >= 4 is 17.2 Å². The predicted octanol–water partition coefficient (Wildman–Crippen LogP) is 2.60. The molecule has 1 aliphatic rings. The van der Waals surface area contributed by atoms with Crippen molar-refractivity contribution in [2.24, 2.45) is 5.92 Å². The molecule has 4 nitrogen and oxygen atoms in total. The molecule has 2 atom stereocenters. The van der Waals surface area contributed by atoms with Crippen LogP contribution in [-0.4, -0.2) is 24.0 Å². The van der Waals surface area contributed by atoms with Crippen LogP contribution in [0.25, 0.3) is 11.3 Å². The van der Waals surface area contributed by atoms with Gasteiger partial charge in [-0.25, -0.2) is 4.98 Å². The van der Waals surface area contributed by atoms with Gasteiger partial charge in [0, 0.05) is 17.5 Å². The smallest absolute Gasteiger partial charge is 0.224 e.